The second kappa shape index (κ2) is 7.19. The zero-order valence-electron chi connectivity index (χ0n) is 12.6. The van der Waals surface area contributed by atoms with Gasteiger partial charge in [-0.3, -0.25) is 4.79 Å². The number of esters is 1. The van der Waals surface area contributed by atoms with Crippen molar-refractivity contribution in [1.82, 2.24) is 9.71 Å². The van der Waals surface area contributed by atoms with Crippen molar-refractivity contribution in [3.63, 3.8) is 0 Å². The molecule has 2 N–H and O–H groups in total. The van der Waals surface area contributed by atoms with Crippen LogP contribution in [0.15, 0.2) is 5.38 Å². The van der Waals surface area contributed by atoms with E-state index in [9.17, 15) is 13.2 Å². The second-order valence-corrected chi connectivity index (χ2v) is 7.94. The molecule has 1 heterocycles. The quantitative estimate of drug-likeness (QED) is 0.688. The van der Waals surface area contributed by atoms with Crippen LogP contribution in [0, 0.1) is 0 Å². The molecule has 0 aromatic carbocycles. The van der Waals surface area contributed by atoms with Crippen LogP contribution in [0.5, 0.6) is 0 Å². The number of hydrogen-bond acceptors (Lipinski definition) is 7. The number of carbonyl (C=O) groups excluding carboxylic acids is 1. The molecule has 0 bridgehead atoms. The largest absolute Gasteiger partial charge is 0.469 e. The number of rotatable bonds is 8. The molecule has 0 spiro atoms. The van der Waals surface area contributed by atoms with Gasteiger partial charge in [0, 0.05) is 23.9 Å². The molecule has 0 aliphatic heterocycles. The minimum atomic E-state index is -3.26. The van der Waals surface area contributed by atoms with E-state index in [-0.39, 0.29) is 5.97 Å². The summed E-state index contributed by atoms with van der Waals surface area (Å²) < 4.78 is 29.6. The van der Waals surface area contributed by atoms with Crippen LogP contribution in [0.4, 0.5) is 5.13 Å². The van der Waals surface area contributed by atoms with Gasteiger partial charge in [-0.2, -0.15) is 0 Å². The van der Waals surface area contributed by atoms with Crippen LogP contribution in [0.1, 0.15) is 26.0 Å². The minimum absolute atomic E-state index is 0.268. The molecule has 9 heteroatoms. The first-order valence-electron chi connectivity index (χ1n) is 6.35. The van der Waals surface area contributed by atoms with E-state index in [0.29, 0.717) is 24.5 Å². The first-order valence-corrected chi connectivity index (χ1v) is 9.12. The Kier molecular flexibility index (Phi) is 6.11. The summed E-state index contributed by atoms with van der Waals surface area (Å²) in [6.45, 7) is 3.98. The Morgan fingerprint density at radius 2 is 2.14 bits per heavy atom. The van der Waals surface area contributed by atoms with Crippen molar-refractivity contribution in [2.45, 2.75) is 32.2 Å². The minimum Gasteiger partial charge on any atom is -0.469 e. The summed E-state index contributed by atoms with van der Waals surface area (Å²) in [5, 5.41) is 5.65. The number of ether oxygens (including phenoxy) is 1. The molecule has 0 unspecified atom stereocenters. The maximum Gasteiger partial charge on any atom is 0.305 e. The summed E-state index contributed by atoms with van der Waals surface area (Å²) in [5.41, 5.74) is 0.188. The first kappa shape index (κ1) is 17.9. The Hall–Kier alpha value is -1.19. The zero-order valence-corrected chi connectivity index (χ0v) is 14.2. The average Bonchev–Trinajstić information content (AvgIpc) is 2.78. The number of sulfonamides is 1. The van der Waals surface area contributed by atoms with Gasteiger partial charge in [0.1, 0.15) is 0 Å². The molecule has 21 heavy (non-hydrogen) atoms. The summed E-state index contributed by atoms with van der Waals surface area (Å²) in [6, 6.07) is 0. The Labute approximate surface area is 129 Å². The average molecular weight is 335 g/mol. The number of nitrogens with zero attached hydrogens (tertiary/aromatic N) is 1. The number of thiazole rings is 1. The molecule has 0 saturated carbocycles. The number of methoxy groups -OCH3 is 1. The number of anilines is 1. The molecule has 1 aromatic rings. The topological polar surface area (TPSA) is 97.4 Å². The van der Waals surface area contributed by atoms with Crippen molar-refractivity contribution >= 4 is 32.5 Å². The van der Waals surface area contributed by atoms with Gasteiger partial charge < -0.3 is 10.1 Å². The standard InChI is InChI=1S/C12H21N3O4S2/c1-12(2,15-21(4,17)18)8-13-11-14-9(7-20-11)5-6-10(16)19-3/h7,15H,5-6,8H2,1-4H3,(H,13,14). The molecule has 0 aliphatic rings. The normalized spacial score (nSPS) is 12.2. The molecule has 0 aliphatic carbocycles. The van der Waals surface area contributed by atoms with Crippen molar-refractivity contribution in [2.75, 3.05) is 25.2 Å². The summed E-state index contributed by atoms with van der Waals surface area (Å²) in [6.07, 6.45) is 1.94. The van der Waals surface area contributed by atoms with Crippen molar-refractivity contribution in [2.24, 2.45) is 0 Å². The fourth-order valence-electron chi connectivity index (χ4n) is 1.67. The van der Waals surface area contributed by atoms with E-state index in [2.05, 4.69) is 19.8 Å². The second-order valence-electron chi connectivity index (χ2n) is 5.33. The molecule has 7 nitrogen and oxygen atoms in total. The van der Waals surface area contributed by atoms with E-state index in [4.69, 9.17) is 0 Å². The Bertz CT molecular complexity index is 581. The first-order chi connectivity index (χ1) is 9.61. The number of carbonyl (C=O) groups is 1. The maximum atomic E-state index is 11.2. The van der Waals surface area contributed by atoms with Crippen LogP contribution >= 0.6 is 11.3 Å². The molecule has 1 rings (SSSR count). The van der Waals surface area contributed by atoms with Gasteiger partial charge >= 0.3 is 5.97 Å². The van der Waals surface area contributed by atoms with Gasteiger partial charge in [-0.05, 0) is 13.8 Å². The number of hydrogen-bond donors (Lipinski definition) is 2. The van der Waals surface area contributed by atoms with Gasteiger partial charge in [-0.25, -0.2) is 18.1 Å². The summed E-state index contributed by atoms with van der Waals surface area (Å²) in [5.74, 6) is -0.268. The molecule has 0 fully saturated rings. The van der Waals surface area contributed by atoms with E-state index < -0.39 is 15.6 Å². The van der Waals surface area contributed by atoms with Gasteiger partial charge in [0.25, 0.3) is 0 Å². The predicted molar refractivity (Wildman–Crippen MR) is 83.0 cm³/mol. The third kappa shape index (κ3) is 7.39. The lowest BCUT2D eigenvalue weighted by atomic mass is 10.1. The van der Waals surface area contributed by atoms with Gasteiger partial charge in [-0.1, -0.05) is 0 Å². The molecule has 0 atom stereocenters. The number of aromatic nitrogens is 1. The van der Waals surface area contributed by atoms with E-state index in [1.54, 1.807) is 13.8 Å². The highest BCUT2D eigenvalue weighted by Gasteiger charge is 2.22. The molecular formula is C12H21N3O4S2. The summed E-state index contributed by atoms with van der Waals surface area (Å²) in [4.78, 5) is 15.4. The molecule has 0 radical (unpaired) electrons. The monoisotopic (exact) mass is 335 g/mol. The SMILES string of the molecule is COC(=O)CCc1csc(NCC(C)(C)NS(C)(=O)=O)n1. The Balaban J connectivity index is 2.49. The highest BCUT2D eigenvalue weighted by molar-refractivity contribution is 7.88. The Morgan fingerprint density at radius 3 is 2.71 bits per heavy atom. The van der Waals surface area contributed by atoms with Gasteiger partial charge in [-0.15, -0.1) is 11.3 Å². The third-order valence-corrected chi connectivity index (χ3v) is 4.28. The van der Waals surface area contributed by atoms with E-state index in [0.717, 1.165) is 11.9 Å². The van der Waals surface area contributed by atoms with Crippen LogP contribution in [0.2, 0.25) is 0 Å². The fourth-order valence-corrected chi connectivity index (χ4v) is 3.49. The molecule has 0 amide bonds. The zero-order chi connectivity index (χ0) is 16.1. The third-order valence-electron chi connectivity index (χ3n) is 2.51. The number of aryl methyl sites for hydroxylation is 1. The van der Waals surface area contributed by atoms with E-state index >= 15 is 0 Å². The molecule has 1 aromatic heterocycles. The predicted octanol–water partition coefficient (Wildman–Crippen LogP) is 0.988. The smallest absolute Gasteiger partial charge is 0.305 e. The van der Waals surface area contributed by atoms with E-state index in [1.165, 1.54) is 18.4 Å². The van der Waals surface area contributed by atoms with Gasteiger partial charge in [0.05, 0.1) is 25.5 Å². The summed E-state index contributed by atoms with van der Waals surface area (Å²) >= 11 is 1.42. The van der Waals surface area contributed by atoms with Crippen molar-refractivity contribution < 1.29 is 17.9 Å². The van der Waals surface area contributed by atoms with Crippen molar-refractivity contribution in [3.05, 3.63) is 11.1 Å². The molecular weight excluding hydrogens is 314 g/mol. The van der Waals surface area contributed by atoms with Gasteiger partial charge in [0.15, 0.2) is 5.13 Å². The summed E-state index contributed by atoms with van der Waals surface area (Å²) in [7, 11) is -1.91. The van der Waals surface area contributed by atoms with Crippen LogP contribution < -0.4 is 10.0 Å². The van der Waals surface area contributed by atoms with E-state index in [1.807, 2.05) is 5.38 Å². The van der Waals surface area contributed by atoms with Gasteiger partial charge in [0.2, 0.25) is 10.0 Å². The van der Waals surface area contributed by atoms with Crippen molar-refractivity contribution in [3.8, 4) is 0 Å². The van der Waals surface area contributed by atoms with Crippen LogP contribution in [0.3, 0.4) is 0 Å². The molecule has 120 valence electrons. The number of nitrogens with one attached hydrogen (secondary N) is 2. The van der Waals surface area contributed by atoms with Crippen LogP contribution in [-0.2, 0) is 26.0 Å². The fraction of sp³-hybridized carbons (Fsp3) is 0.667. The van der Waals surface area contributed by atoms with Crippen LogP contribution in [0.25, 0.3) is 0 Å². The lowest BCUT2D eigenvalue weighted by Gasteiger charge is -2.25. The maximum absolute atomic E-state index is 11.2. The highest BCUT2D eigenvalue weighted by Crippen LogP contribution is 2.18. The Morgan fingerprint density at radius 1 is 1.48 bits per heavy atom. The lowest BCUT2D eigenvalue weighted by molar-refractivity contribution is -0.140. The highest BCUT2D eigenvalue weighted by atomic mass is 32.2. The molecule has 0 saturated heterocycles. The van der Waals surface area contributed by atoms with Crippen molar-refractivity contribution in [1.29, 1.82) is 0 Å². The lowest BCUT2D eigenvalue weighted by Crippen LogP contribution is -2.47. The van der Waals surface area contributed by atoms with Crippen LogP contribution in [-0.4, -0.2) is 44.8 Å².